The lowest BCUT2D eigenvalue weighted by Crippen LogP contribution is -2.21. The predicted octanol–water partition coefficient (Wildman–Crippen LogP) is 8.45. The number of esters is 1. The molecule has 5 nitrogen and oxygen atoms in total. The van der Waals surface area contributed by atoms with E-state index in [-0.39, 0.29) is 41.4 Å². The maximum absolute atomic E-state index is 12.6. The van der Waals surface area contributed by atoms with Crippen LogP contribution in [0.2, 0.25) is 30.1 Å². The lowest BCUT2D eigenvalue weighted by atomic mass is 10.0. The largest absolute Gasteiger partial charge is 0.481 e. The topological polar surface area (TPSA) is 64.6 Å². The molecular weight excluding hydrogens is 575 g/mol. The molecule has 33 heavy (non-hydrogen) atoms. The summed E-state index contributed by atoms with van der Waals surface area (Å²) in [5.74, 6) is -1.30. The van der Waals surface area contributed by atoms with Crippen molar-refractivity contribution in [3.05, 3.63) is 64.8 Å². The standard InChI is InChI=1S/C21H13Cl6NO4S/c1-8-12(9-4-3-5-10(22)6-9)13(21(30)31-2)20(33-8)28-11(29)7-32-19-17(26)15(24)14(23)16(25)18(19)27/h3-6H,7H2,1-2H3,(H,28,29). The van der Waals surface area contributed by atoms with Gasteiger partial charge in [0.15, 0.2) is 12.4 Å². The summed E-state index contributed by atoms with van der Waals surface area (Å²) < 4.78 is 10.4. The van der Waals surface area contributed by atoms with Crippen molar-refractivity contribution in [1.82, 2.24) is 0 Å². The third-order valence-corrected chi connectivity index (χ3v) is 7.85. The highest BCUT2D eigenvalue weighted by Crippen LogP contribution is 2.48. The number of halogens is 6. The minimum absolute atomic E-state index is 0.0320. The van der Waals surface area contributed by atoms with E-state index in [1.54, 1.807) is 24.3 Å². The number of methoxy groups -OCH3 is 1. The molecule has 3 aromatic rings. The molecule has 0 saturated carbocycles. The monoisotopic (exact) mass is 585 g/mol. The van der Waals surface area contributed by atoms with Gasteiger partial charge in [0.05, 0.1) is 22.2 Å². The van der Waals surface area contributed by atoms with Crippen molar-refractivity contribution in [2.75, 3.05) is 19.0 Å². The van der Waals surface area contributed by atoms with Crippen molar-refractivity contribution >= 4 is 97.8 Å². The van der Waals surface area contributed by atoms with Gasteiger partial charge in [-0.1, -0.05) is 81.7 Å². The van der Waals surface area contributed by atoms with E-state index in [0.29, 0.717) is 16.1 Å². The number of rotatable bonds is 6. The average Bonchev–Trinajstić information content (AvgIpc) is 3.11. The van der Waals surface area contributed by atoms with Crippen LogP contribution in [0, 0.1) is 6.92 Å². The van der Waals surface area contributed by atoms with Crippen LogP contribution in [0.5, 0.6) is 5.75 Å². The number of benzene rings is 2. The van der Waals surface area contributed by atoms with Gasteiger partial charge < -0.3 is 14.8 Å². The van der Waals surface area contributed by atoms with Gasteiger partial charge in [0.25, 0.3) is 5.91 Å². The summed E-state index contributed by atoms with van der Waals surface area (Å²) in [6.45, 7) is 1.31. The number of thiophene rings is 1. The summed E-state index contributed by atoms with van der Waals surface area (Å²) in [6.07, 6.45) is 0. The van der Waals surface area contributed by atoms with E-state index in [1.165, 1.54) is 18.4 Å². The van der Waals surface area contributed by atoms with E-state index in [1.807, 2.05) is 6.92 Å². The van der Waals surface area contributed by atoms with Crippen molar-refractivity contribution in [1.29, 1.82) is 0 Å². The van der Waals surface area contributed by atoms with E-state index < -0.39 is 18.5 Å². The molecular formula is C21H13Cl6NO4S. The van der Waals surface area contributed by atoms with E-state index in [0.717, 1.165) is 4.88 Å². The molecule has 1 aromatic heterocycles. The average molecular weight is 588 g/mol. The molecule has 0 aliphatic rings. The molecule has 0 saturated heterocycles. The molecule has 0 atom stereocenters. The maximum Gasteiger partial charge on any atom is 0.341 e. The first-order valence-electron chi connectivity index (χ1n) is 8.98. The van der Waals surface area contributed by atoms with Gasteiger partial charge in [0.2, 0.25) is 0 Å². The van der Waals surface area contributed by atoms with Crippen molar-refractivity contribution in [3.8, 4) is 16.9 Å². The fourth-order valence-electron chi connectivity index (χ4n) is 2.93. The van der Waals surface area contributed by atoms with E-state index in [9.17, 15) is 9.59 Å². The molecule has 174 valence electrons. The molecule has 1 heterocycles. The van der Waals surface area contributed by atoms with E-state index in [2.05, 4.69) is 5.32 Å². The summed E-state index contributed by atoms with van der Waals surface area (Å²) in [4.78, 5) is 26.0. The number of hydrogen-bond acceptors (Lipinski definition) is 5. The molecule has 2 aromatic carbocycles. The van der Waals surface area contributed by atoms with Crippen LogP contribution >= 0.6 is 80.9 Å². The minimum atomic E-state index is -0.618. The van der Waals surface area contributed by atoms with Crippen LogP contribution < -0.4 is 10.1 Å². The second kappa shape index (κ2) is 10.9. The zero-order chi connectivity index (χ0) is 24.4. The first kappa shape index (κ1) is 26.2. The van der Waals surface area contributed by atoms with Crippen LogP contribution in [0.4, 0.5) is 5.00 Å². The zero-order valence-corrected chi connectivity index (χ0v) is 22.2. The fourth-order valence-corrected chi connectivity index (χ4v) is 5.43. The lowest BCUT2D eigenvalue weighted by molar-refractivity contribution is -0.118. The van der Waals surface area contributed by atoms with Gasteiger partial charge in [-0.25, -0.2) is 4.79 Å². The van der Waals surface area contributed by atoms with Crippen LogP contribution in [0.25, 0.3) is 11.1 Å². The number of hydrogen-bond donors (Lipinski definition) is 1. The third kappa shape index (κ3) is 5.49. The zero-order valence-electron chi connectivity index (χ0n) is 16.8. The van der Waals surface area contributed by atoms with Crippen LogP contribution in [-0.4, -0.2) is 25.6 Å². The molecule has 0 aliphatic carbocycles. The van der Waals surface area contributed by atoms with Gasteiger partial charge >= 0.3 is 5.97 Å². The quantitative estimate of drug-likeness (QED) is 0.178. The highest BCUT2D eigenvalue weighted by Gasteiger charge is 2.26. The highest BCUT2D eigenvalue weighted by atomic mass is 35.5. The van der Waals surface area contributed by atoms with Crippen molar-refractivity contribution < 1.29 is 19.1 Å². The molecule has 0 bridgehead atoms. The first-order chi connectivity index (χ1) is 15.6. The maximum atomic E-state index is 12.6. The fraction of sp³-hybridized carbons (Fsp3) is 0.143. The predicted molar refractivity (Wildman–Crippen MR) is 136 cm³/mol. The van der Waals surface area contributed by atoms with Crippen LogP contribution in [0.1, 0.15) is 15.2 Å². The van der Waals surface area contributed by atoms with Gasteiger partial charge in [-0.05, 0) is 24.6 Å². The van der Waals surface area contributed by atoms with E-state index in [4.69, 9.17) is 79.1 Å². The Morgan fingerprint density at radius 1 is 0.970 bits per heavy atom. The molecule has 0 spiro atoms. The minimum Gasteiger partial charge on any atom is -0.481 e. The molecule has 0 radical (unpaired) electrons. The number of amides is 1. The Labute approximate surface area is 223 Å². The Morgan fingerprint density at radius 3 is 2.15 bits per heavy atom. The summed E-state index contributed by atoms with van der Waals surface area (Å²) in [5, 5.41) is 3.12. The van der Waals surface area contributed by atoms with Gasteiger partial charge in [-0.2, -0.15) is 0 Å². The van der Waals surface area contributed by atoms with Crippen molar-refractivity contribution in [3.63, 3.8) is 0 Å². The van der Waals surface area contributed by atoms with Crippen LogP contribution in [0.15, 0.2) is 24.3 Å². The molecule has 1 N–H and O–H groups in total. The van der Waals surface area contributed by atoms with Gasteiger partial charge in [0.1, 0.15) is 20.6 Å². The number of carbonyl (C=O) groups is 2. The summed E-state index contributed by atoms with van der Waals surface area (Å²) in [5.41, 5.74) is 1.51. The Bertz CT molecular complexity index is 1230. The number of anilines is 1. The van der Waals surface area contributed by atoms with Gasteiger partial charge in [-0.3, -0.25) is 4.79 Å². The Kier molecular flexibility index (Phi) is 8.67. The SMILES string of the molecule is COC(=O)c1c(NC(=O)COc2c(Cl)c(Cl)c(Cl)c(Cl)c2Cl)sc(C)c1-c1cccc(Cl)c1. The Balaban J connectivity index is 1.89. The molecule has 3 rings (SSSR count). The van der Waals surface area contributed by atoms with Crippen LogP contribution in [-0.2, 0) is 9.53 Å². The number of carbonyl (C=O) groups excluding carboxylic acids is 2. The molecule has 1 amide bonds. The summed E-state index contributed by atoms with van der Waals surface area (Å²) in [7, 11) is 1.25. The normalized spacial score (nSPS) is 10.8. The van der Waals surface area contributed by atoms with Crippen LogP contribution in [0.3, 0.4) is 0 Å². The summed E-state index contributed by atoms with van der Waals surface area (Å²) in [6, 6.07) is 7.00. The van der Waals surface area contributed by atoms with Gasteiger partial charge in [0, 0.05) is 15.5 Å². The number of nitrogens with one attached hydrogen (secondary N) is 1. The van der Waals surface area contributed by atoms with Gasteiger partial charge in [-0.15, -0.1) is 11.3 Å². The summed E-state index contributed by atoms with van der Waals surface area (Å²) >= 11 is 37.6. The smallest absolute Gasteiger partial charge is 0.341 e. The van der Waals surface area contributed by atoms with Crippen molar-refractivity contribution in [2.24, 2.45) is 0 Å². The third-order valence-electron chi connectivity index (χ3n) is 4.36. The molecule has 0 aliphatic heterocycles. The highest BCUT2D eigenvalue weighted by molar-refractivity contribution is 7.17. The second-order valence-electron chi connectivity index (χ2n) is 6.48. The second-order valence-corrected chi connectivity index (χ2v) is 10.0. The Hall–Kier alpha value is -1.38. The molecule has 12 heteroatoms. The first-order valence-corrected chi connectivity index (χ1v) is 12.1. The lowest BCUT2D eigenvalue weighted by Gasteiger charge is -2.13. The molecule has 0 fully saturated rings. The molecule has 0 unspecified atom stereocenters. The number of ether oxygens (including phenoxy) is 2. The van der Waals surface area contributed by atoms with E-state index >= 15 is 0 Å². The Morgan fingerprint density at radius 2 is 1.58 bits per heavy atom. The number of aryl methyl sites for hydroxylation is 1. The van der Waals surface area contributed by atoms with Crippen molar-refractivity contribution in [2.45, 2.75) is 6.92 Å².